The van der Waals surface area contributed by atoms with Crippen LogP contribution in [0.2, 0.25) is 0 Å². The van der Waals surface area contributed by atoms with E-state index in [0.717, 1.165) is 16.0 Å². The van der Waals surface area contributed by atoms with Crippen LogP contribution in [0.3, 0.4) is 0 Å². The Hall–Kier alpha value is -2.86. The monoisotopic (exact) mass is 368 g/mol. The van der Waals surface area contributed by atoms with Crippen LogP contribution in [0.1, 0.15) is 18.4 Å². The lowest BCUT2D eigenvalue weighted by atomic mass is 10.0. The number of carboxylic acid groups (broad SMARTS) is 1. The van der Waals surface area contributed by atoms with Crippen molar-refractivity contribution in [3.05, 3.63) is 53.4 Å². The first-order valence-corrected chi connectivity index (χ1v) is 9.22. The molecular formula is C20H20N2O3S. The molecule has 134 valence electrons. The van der Waals surface area contributed by atoms with E-state index in [-0.39, 0.29) is 12.2 Å². The van der Waals surface area contributed by atoms with Crippen LogP contribution in [0.15, 0.2) is 47.8 Å². The standard InChI is InChI=1S/C20H20N2O3S/c1-13-6-7-17(23)15(10-13)16-11-14(18-4-3-9-26-18)12-19(22-16)21-8-2-5-20(24)25/h3-4,6-7,9-12,23H,2,5,8H2,1H3,(H,21,22)(H,24,25). The molecule has 0 saturated carbocycles. The van der Waals surface area contributed by atoms with E-state index < -0.39 is 5.97 Å². The van der Waals surface area contributed by atoms with Gasteiger partial charge in [-0.1, -0.05) is 17.7 Å². The van der Waals surface area contributed by atoms with E-state index in [1.807, 2.05) is 48.7 Å². The summed E-state index contributed by atoms with van der Waals surface area (Å²) in [5.74, 6) is 0.0397. The molecule has 5 nitrogen and oxygen atoms in total. The summed E-state index contributed by atoms with van der Waals surface area (Å²) >= 11 is 1.63. The predicted octanol–water partition coefficient (Wildman–Crippen LogP) is 4.77. The third kappa shape index (κ3) is 4.40. The zero-order valence-electron chi connectivity index (χ0n) is 14.4. The van der Waals surface area contributed by atoms with E-state index >= 15 is 0 Å². The second-order valence-corrected chi connectivity index (χ2v) is 7.00. The van der Waals surface area contributed by atoms with E-state index in [1.54, 1.807) is 17.4 Å². The van der Waals surface area contributed by atoms with Crippen molar-refractivity contribution >= 4 is 23.1 Å². The van der Waals surface area contributed by atoms with Crippen LogP contribution in [0.5, 0.6) is 5.75 Å². The van der Waals surface area contributed by atoms with E-state index in [9.17, 15) is 9.90 Å². The minimum Gasteiger partial charge on any atom is -0.507 e. The molecule has 0 fully saturated rings. The summed E-state index contributed by atoms with van der Waals surface area (Å²) < 4.78 is 0. The van der Waals surface area contributed by atoms with Crippen molar-refractivity contribution in [3.8, 4) is 27.4 Å². The number of thiophene rings is 1. The molecule has 6 heteroatoms. The molecule has 3 rings (SSSR count). The number of phenolic OH excluding ortho intramolecular Hbond substituents is 1. The summed E-state index contributed by atoms with van der Waals surface area (Å²) in [6.45, 7) is 2.49. The summed E-state index contributed by atoms with van der Waals surface area (Å²) in [7, 11) is 0. The molecule has 3 N–H and O–H groups in total. The number of nitrogens with one attached hydrogen (secondary N) is 1. The first kappa shape index (κ1) is 17.9. The van der Waals surface area contributed by atoms with Crippen LogP contribution in [0, 0.1) is 6.92 Å². The van der Waals surface area contributed by atoms with Gasteiger partial charge in [-0.2, -0.15) is 0 Å². The highest BCUT2D eigenvalue weighted by molar-refractivity contribution is 7.13. The van der Waals surface area contributed by atoms with Crippen LogP contribution in [0.4, 0.5) is 5.82 Å². The average Bonchev–Trinajstić information content (AvgIpc) is 3.15. The third-order valence-corrected chi connectivity index (χ3v) is 4.85. The number of aryl methyl sites for hydroxylation is 1. The van der Waals surface area contributed by atoms with Gasteiger partial charge in [-0.05, 0) is 54.6 Å². The summed E-state index contributed by atoms with van der Waals surface area (Å²) in [6.07, 6.45) is 0.633. The number of anilines is 1. The number of phenols is 1. The van der Waals surface area contributed by atoms with Crippen LogP contribution < -0.4 is 5.32 Å². The molecular weight excluding hydrogens is 348 g/mol. The highest BCUT2D eigenvalue weighted by Crippen LogP contribution is 2.34. The number of nitrogens with zero attached hydrogens (tertiary/aromatic N) is 1. The maximum absolute atomic E-state index is 10.7. The summed E-state index contributed by atoms with van der Waals surface area (Å²) in [5.41, 5.74) is 3.40. The fourth-order valence-electron chi connectivity index (χ4n) is 2.66. The Morgan fingerprint density at radius 3 is 2.81 bits per heavy atom. The van der Waals surface area contributed by atoms with Crippen LogP contribution >= 0.6 is 11.3 Å². The Bertz CT molecular complexity index is 907. The van der Waals surface area contributed by atoms with Gasteiger partial charge < -0.3 is 15.5 Å². The number of hydrogen-bond donors (Lipinski definition) is 3. The maximum Gasteiger partial charge on any atom is 0.303 e. The fraction of sp³-hybridized carbons (Fsp3) is 0.200. The highest BCUT2D eigenvalue weighted by atomic mass is 32.1. The molecule has 0 atom stereocenters. The van der Waals surface area contributed by atoms with Crippen molar-refractivity contribution in [2.24, 2.45) is 0 Å². The molecule has 0 unspecified atom stereocenters. The predicted molar refractivity (Wildman–Crippen MR) is 105 cm³/mol. The minimum atomic E-state index is -0.808. The average molecular weight is 368 g/mol. The van der Waals surface area contributed by atoms with Crippen molar-refractivity contribution in [3.63, 3.8) is 0 Å². The molecule has 0 saturated heterocycles. The number of pyridine rings is 1. The smallest absolute Gasteiger partial charge is 0.303 e. The number of carboxylic acids is 1. The molecule has 2 aromatic heterocycles. The largest absolute Gasteiger partial charge is 0.507 e. The lowest BCUT2D eigenvalue weighted by Gasteiger charge is -2.12. The second-order valence-electron chi connectivity index (χ2n) is 6.05. The SMILES string of the molecule is Cc1ccc(O)c(-c2cc(-c3cccs3)cc(NCCCC(=O)O)n2)c1. The molecule has 0 spiro atoms. The topological polar surface area (TPSA) is 82.5 Å². The van der Waals surface area contributed by atoms with Crippen LogP contribution in [-0.4, -0.2) is 27.7 Å². The molecule has 0 radical (unpaired) electrons. The molecule has 2 heterocycles. The van der Waals surface area contributed by atoms with Gasteiger partial charge in [0.05, 0.1) is 5.69 Å². The van der Waals surface area contributed by atoms with Gasteiger partial charge in [0.15, 0.2) is 0 Å². The Kier molecular flexibility index (Phi) is 5.53. The number of benzene rings is 1. The Morgan fingerprint density at radius 1 is 1.23 bits per heavy atom. The van der Waals surface area contributed by atoms with Gasteiger partial charge in [-0.25, -0.2) is 4.98 Å². The van der Waals surface area contributed by atoms with E-state index in [4.69, 9.17) is 5.11 Å². The zero-order valence-corrected chi connectivity index (χ0v) is 15.2. The molecule has 3 aromatic rings. The summed E-state index contributed by atoms with van der Waals surface area (Å²) in [6, 6.07) is 13.4. The van der Waals surface area contributed by atoms with Crippen molar-refractivity contribution in [1.29, 1.82) is 0 Å². The molecule has 26 heavy (non-hydrogen) atoms. The Morgan fingerprint density at radius 2 is 2.08 bits per heavy atom. The van der Waals surface area contributed by atoms with Crippen LogP contribution in [0.25, 0.3) is 21.7 Å². The van der Waals surface area contributed by atoms with Crippen molar-refractivity contribution in [2.45, 2.75) is 19.8 Å². The van der Waals surface area contributed by atoms with Crippen molar-refractivity contribution in [1.82, 2.24) is 4.98 Å². The van der Waals surface area contributed by atoms with Gasteiger partial charge in [0, 0.05) is 23.4 Å². The number of rotatable bonds is 7. The van der Waals surface area contributed by atoms with Crippen molar-refractivity contribution in [2.75, 3.05) is 11.9 Å². The molecule has 0 aliphatic carbocycles. The zero-order chi connectivity index (χ0) is 18.5. The second kappa shape index (κ2) is 8.01. The molecule has 0 aliphatic rings. The summed E-state index contributed by atoms with van der Waals surface area (Å²) in [5, 5.41) is 24.2. The maximum atomic E-state index is 10.7. The first-order chi connectivity index (χ1) is 12.5. The van der Waals surface area contributed by atoms with E-state index in [2.05, 4.69) is 10.3 Å². The normalized spacial score (nSPS) is 10.7. The quantitative estimate of drug-likeness (QED) is 0.523. The number of hydrogen-bond acceptors (Lipinski definition) is 5. The number of carbonyl (C=O) groups is 1. The van der Waals surface area contributed by atoms with Gasteiger partial charge >= 0.3 is 5.97 Å². The van der Waals surface area contributed by atoms with Gasteiger partial charge in [-0.15, -0.1) is 11.3 Å². The lowest BCUT2D eigenvalue weighted by Crippen LogP contribution is -2.06. The van der Waals surface area contributed by atoms with Gasteiger partial charge in [0.25, 0.3) is 0 Å². The molecule has 0 aliphatic heterocycles. The Balaban J connectivity index is 1.95. The number of aliphatic carboxylic acids is 1. The first-order valence-electron chi connectivity index (χ1n) is 8.34. The fourth-order valence-corrected chi connectivity index (χ4v) is 3.37. The highest BCUT2D eigenvalue weighted by Gasteiger charge is 2.11. The molecule has 0 amide bonds. The van der Waals surface area contributed by atoms with Gasteiger partial charge in [0.2, 0.25) is 0 Å². The number of aromatic nitrogens is 1. The lowest BCUT2D eigenvalue weighted by molar-refractivity contribution is -0.137. The third-order valence-electron chi connectivity index (χ3n) is 3.93. The van der Waals surface area contributed by atoms with E-state index in [0.29, 0.717) is 30.0 Å². The molecule has 1 aromatic carbocycles. The number of aromatic hydroxyl groups is 1. The van der Waals surface area contributed by atoms with E-state index in [1.165, 1.54) is 0 Å². The van der Waals surface area contributed by atoms with Gasteiger partial charge in [-0.3, -0.25) is 4.79 Å². The van der Waals surface area contributed by atoms with Crippen LogP contribution in [-0.2, 0) is 4.79 Å². The minimum absolute atomic E-state index is 0.114. The molecule has 0 bridgehead atoms. The van der Waals surface area contributed by atoms with Crippen molar-refractivity contribution < 1.29 is 15.0 Å². The van der Waals surface area contributed by atoms with Gasteiger partial charge in [0.1, 0.15) is 11.6 Å². The Labute approximate surface area is 156 Å². The summed E-state index contributed by atoms with van der Waals surface area (Å²) in [4.78, 5) is 16.4.